The number of aromatic nitrogens is 1. The van der Waals surface area contributed by atoms with E-state index in [2.05, 4.69) is 21.2 Å². The number of fused-ring (bicyclic) bond motifs is 1. The summed E-state index contributed by atoms with van der Waals surface area (Å²) in [6, 6.07) is 4.10. The highest BCUT2D eigenvalue weighted by Crippen LogP contribution is 2.26. The summed E-state index contributed by atoms with van der Waals surface area (Å²) >= 11 is 5.80. The Morgan fingerprint density at radius 3 is 3.21 bits per heavy atom. The fraction of sp³-hybridized carbons (Fsp3) is 0.538. The molecule has 3 unspecified atom stereocenters. The zero-order valence-electron chi connectivity index (χ0n) is 10.5. The second-order valence-corrected chi connectivity index (χ2v) is 5.63. The molecule has 0 radical (unpaired) electrons. The molecule has 0 aromatic carbocycles. The van der Waals surface area contributed by atoms with E-state index in [1.807, 2.05) is 0 Å². The molecule has 1 aromatic heterocycles. The molecule has 3 N–H and O–H groups in total. The Hall–Kier alpha value is -1.17. The number of nitrogens with zero attached hydrogens (tertiary/aromatic N) is 1. The Bertz CT molecular complexity index is 481. The van der Waals surface area contributed by atoms with E-state index in [1.165, 1.54) is 0 Å². The number of nitrogens with one attached hydrogen (secondary N) is 3. The van der Waals surface area contributed by atoms with Crippen molar-refractivity contribution in [3.63, 3.8) is 0 Å². The van der Waals surface area contributed by atoms with Crippen molar-refractivity contribution in [1.82, 2.24) is 21.2 Å². The van der Waals surface area contributed by atoms with Crippen molar-refractivity contribution < 1.29 is 4.79 Å². The molecule has 1 aliphatic heterocycles. The standard InChI is InChI=1S/C13H17ClN4O/c14-12-6-8(3-4-15-12)13(19)17-10-1-2-11-9(5-10)7-16-18-11/h3-4,6,9-11,16,18H,1-2,5,7H2,(H,17,19). The van der Waals surface area contributed by atoms with E-state index in [0.717, 1.165) is 25.8 Å². The van der Waals surface area contributed by atoms with E-state index in [0.29, 0.717) is 22.7 Å². The van der Waals surface area contributed by atoms with Crippen molar-refractivity contribution in [3.8, 4) is 0 Å². The SMILES string of the molecule is O=C(NC1CCC2NNCC2C1)c1ccnc(Cl)c1. The molecular formula is C13H17ClN4O. The van der Waals surface area contributed by atoms with Crippen molar-refractivity contribution >= 4 is 17.5 Å². The Morgan fingerprint density at radius 1 is 1.47 bits per heavy atom. The lowest BCUT2D eigenvalue weighted by Gasteiger charge is -2.31. The molecule has 2 heterocycles. The lowest BCUT2D eigenvalue weighted by atomic mass is 9.83. The summed E-state index contributed by atoms with van der Waals surface area (Å²) in [4.78, 5) is 16.0. The van der Waals surface area contributed by atoms with Gasteiger partial charge in [-0.25, -0.2) is 4.98 Å². The number of carbonyl (C=O) groups excluding carboxylic acids is 1. The number of hydrogen-bond acceptors (Lipinski definition) is 4. The summed E-state index contributed by atoms with van der Waals surface area (Å²) in [5, 5.41) is 3.44. The highest BCUT2D eigenvalue weighted by molar-refractivity contribution is 6.29. The number of pyridine rings is 1. The van der Waals surface area contributed by atoms with Gasteiger partial charge in [-0.2, -0.15) is 0 Å². The van der Waals surface area contributed by atoms with Gasteiger partial charge in [0.05, 0.1) is 0 Å². The topological polar surface area (TPSA) is 66.1 Å². The molecule has 3 atom stereocenters. The summed E-state index contributed by atoms with van der Waals surface area (Å²) in [6.07, 6.45) is 4.69. The number of amides is 1. The van der Waals surface area contributed by atoms with Crippen LogP contribution in [0.15, 0.2) is 18.3 Å². The summed E-state index contributed by atoms with van der Waals surface area (Å²) in [5.41, 5.74) is 7.05. The lowest BCUT2D eigenvalue weighted by molar-refractivity contribution is 0.0918. The molecule has 1 aromatic rings. The molecule has 1 saturated carbocycles. The highest BCUT2D eigenvalue weighted by atomic mass is 35.5. The van der Waals surface area contributed by atoms with Gasteiger partial charge < -0.3 is 5.32 Å². The van der Waals surface area contributed by atoms with Gasteiger partial charge in [-0.15, -0.1) is 0 Å². The monoisotopic (exact) mass is 280 g/mol. The molecule has 2 fully saturated rings. The maximum atomic E-state index is 12.1. The third-order valence-corrected chi connectivity index (χ3v) is 4.16. The Balaban J connectivity index is 1.61. The third-order valence-electron chi connectivity index (χ3n) is 3.96. The number of hydrogen-bond donors (Lipinski definition) is 3. The third kappa shape index (κ3) is 2.88. The molecule has 0 bridgehead atoms. The Morgan fingerprint density at radius 2 is 2.37 bits per heavy atom. The first kappa shape index (κ1) is 12.8. The average Bonchev–Trinajstić information content (AvgIpc) is 2.86. The van der Waals surface area contributed by atoms with Crippen LogP contribution in [0.3, 0.4) is 0 Å². The summed E-state index contributed by atoms with van der Waals surface area (Å²) in [5.74, 6) is 0.548. The molecule has 1 aliphatic carbocycles. The van der Waals surface area contributed by atoms with Crippen LogP contribution in [0.5, 0.6) is 0 Å². The van der Waals surface area contributed by atoms with Crippen LogP contribution in [0.25, 0.3) is 0 Å². The first-order valence-corrected chi connectivity index (χ1v) is 7.01. The van der Waals surface area contributed by atoms with Crippen LogP contribution in [0.1, 0.15) is 29.6 Å². The fourth-order valence-corrected chi connectivity index (χ4v) is 3.12. The lowest BCUT2D eigenvalue weighted by Crippen LogP contribution is -2.44. The van der Waals surface area contributed by atoms with Gasteiger partial charge in [0.1, 0.15) is 5.15 Å². The molecule has 102 valence electrons. The van der Waals surface area contributed by atoms with Crippen molar-refractivity contribution in [2.45, 2.75) is 31.3 Å². The van der Waals surface area contributed by atoms with Gasteiger partial charge in [-0.05, 0) is 37.3 Å². The van der Waals surface area contributed by atoms with Gasteiger partial charge in [0.25, 0.3) is 5.91 Å². The van der Waals surface area contributed by atoms with E-state index in [9.17, 15) is 4.79 Å². The number of carbonyl (C=O) groups is 1. The van der Waals surface area contributed by atoms with E-state index in [1.54, 1.807) is 18.3 Å². The fourth-order valence-electron chi connectivity index (χ4n) is 2.94. The first-order valence-electron chi connectivity index (χ1n) is 6.63. The second kappa shape index (κ2) is 5.45. The summed E-state index contributed by atoms with van der Waals surface area (Å²) in [7, 11) is 0. The van der Waals surface area contributed by atoms with Gasteiger partial charge >= 0.3 is 0 Å². The molecule has 3 rings (SSSR count). The summed E-state index contributed by atoms with van der Waals surface area (Å²) in [6.45, 7) is 0.984. The van der Waals surface area contributed by atoms with Crippen molar-refractivity contribution in [3.05, 3.63) is 29.0 Å². The van der Waals surface area contributed by atoms with Crippen LogP contribution >= 0.6 is 11.6 Å². The molecule has 5 nitrogen and oxygen atoms in total. The highest BCUT2D eigenvalue weighted by Gasteiger charge is 2.34. The molecule has 6 heteroatoms. The largest absolute Gasteiger partial charge is 0.349 e. The van der Waals surface area contributed by atoms with Gasteiger partial charge in [0.15, 0.2) is 0 Å². The molecule has 1 saturated heterocycles. The first-order chi connectivity index (χ1) is 9.22. The predicted octanol–water partition coefficient (Wildman–Crippen LogP) is 1.11. The van der Waals surface area contributed by atoms with Crippen molar-refractivity contribution in [2.24, 2.45) is 5.92 Å². The predicted molar refractivity (Wildman–Crippen MR) is 72.8 cm³/mol. The molecular weight excluding hydrogens is 264 g/mol. The smallest absolute Gasteiger partial charge is 0.251 e. The second-order valence-electron chi connectivity index (χ2n) is 5.24. The molecule has 1 amide bonds. The zero-order valence-corrected chi connectivity index (χ0v) is 11.3. The maximum Gasteiger partial charge on any atom is 0.251 e. The van der Waals surface area contributed by atoms with E-state index in [4.69, 9.17) is 11.6 Å². The molecule has 19 heavy (non-hydrogen) atoms. The minimum absolute atomic E-state index is 0.0633. The minimum Gasteiger partial charge on any atom is -0.349 e. The Kier molecular flexibility index (Phi) is 3.68. The number of rotatable bonds is 2. The van der Waals surface area contributed by atoms with Gasteiger partial charge in [0.2, 0.25) is 0 Å². The zero-order chi connectivity index (χ0) is 13.2. The van der Waals surface area contributed by atoms with Gasteiger partial charge in [0, 0.05) is 30.4 Å². The number of hydrazine groups is 1. The number of halogens is 1. The van der Waals surface area contributed by atoms with Crippen LogP contribution in [-0.2, 0) is 0 Å². The van der Waals surface area contributed by atoms with E-state index < -0.39 is 0 Å². The van der Waals surface area contributed by atoms with Crippen molar-refractivity contribution in [2.75, 3.05) is 6.54 Å². The van der Waals surface area contributed by atoms with Crippen LogP contribution in [0.2, 0.25) is 5.15 Å². The maximum absolute atomic E-state index is 12.1. The van der Waals surface area contributed by atoms with Gasteiger partial charge in [-0.1, -0.05) is 11.6 Å². The quantitative estimate of drug-likeness (QED) is 0.710. The van der Waals surface area contributed by atoms with Gasteiger partial charge in [-0.3, -0.25) is 15.6 Å². The normalized spacial score (nSPS) is 29.8. The molecule has 2 aliphatic rings. The van der Waals surface area contributed by atoms with Crippen molar-refractivity contribution in [1.29, 1.82) is 0 Å². The average molecular weight is 281 g/mol. The van der Waals surface area contributed by atoms with Crippen LogP contribution in [0.4, 0.5) is 0 Å². The van der Waals surface area contributed by atoms with Crippen LogP contribution in [0, 0.1) is 5.92 Å². The minimum atomic E-state index is -0.0633. The molecule has 0 spiro atoms. The van der Waals surface area contributed by atoms with Crippen LogP contribution < -0.4 is 16.2 Å². The van der Waals surface area contributed by atoms with Crippen LogP contribution in [-0.4, -0.2) is 29.5 Å². The van der Waals surface area contributed by atoms with E-state index in [-0.39, 0.29) is 11.9 Å². The summed E-state index contributed by atoms with van der Waals surface area (Å²) < 4.78 is 0. The van der Waals surface area contributed by atoms with E-state index >= 15 is 0 Å². The Labute approximate surface area is 117 Å².